The Kier molecular flexibility index (Phi) is 3.39. The molecule has 2 N–H and O–H groups in total. The van der Waals surface area contributed by atoms with Gasteiger partial charge >= 0.3 is 0 Å². The fourth-order valence-electron chi connectivity index (χ4n) is 2.60. The summed E-state index contributed by atoms with van der Waals surface area (Å²) < 4.78 is 2.77. The van der Waals surface area contributed by atoms with E-state index < -0.39 is 0 Å². The van der Waals surface area contributed by atoms with Crippen LogP contribution in [0.1, 0.15) is 10.7 Å². The Labute approximate surface area is 141 Å². The van der Waals surface area contributed by atoms with Crippen LogP contribution in [0.4, 0.5) is 5.82 Å². The van der Waals surface area contributed by atoms with Gasteiger partial charge in [-0.2, -0.15) is 10.2 Å². The molecule has 4 rings (SSSR count). The third-order valence-electron chi connectivity index (χ3n) is 3.65. The number of carbonyl (C=O) groups is 1. The quantitative estimate of drug-likeness (QED) is 0.562. The van der Waals surface area contributed by atoms with Gasteiger partial charge < -0.3 is 5.32 Å². The van der Waals surface area contributed by atoms with Crippen molar-refractivity contribution in [2.45, 2.75) is 6.92 Å². The molecule has 7 nitrogen and oxygen atoms in total. The first-order valence-corrected chi connectivity index (χ1v) is 8.16. The predicted molar refractivity (Wildman–Crippen MR) is 94.9 cm³/mol. The second kappa shape index (κ2) is 5.57. The average Bonchev–Trinajstić information content (AvgIpc) is 3.22. The number of hydrogen-bond acceptors (Lipinski definition) is 5. The van der Waals surface area contributed by atoms with E-state index in [1.54, 1.807) is 22.1 Å². The van der Waals surface area contributed by atoms with Gasteiger partial charge in [0.1, 0.15) is 10.8 Å². The minimum Gasteiger partial charge on any atom is -0.307 e. The number of fused-ring (bicyclic) bond motifs is 2. The minimum absolute atomic E-state index is 0.247. The molecule has 24 heavy (non-hydrogen) atoms. The van der Waals surface area contributed by atoms with E-state index in [0.717, 1.165) is 26.3 Å². The first kappa shape index (κ1) is 14.6. The van der Waals surface area contributed by atoms with Crippen LogP contribution in [0.25, 0.3) is 27.3 Å². The second-order valence-corrected chi connectivity index (χ2v) is 6.41. The molecule has 8 heteroatoms. The van der Waals surface area contributed by atoms with Gasteiger partial charge in [0.05, 0.1) is 21.3 Å². The molecule has 3 heterocycles. The second-order valence-electron chi connectivity index (χ2n) is 5.35. The highest BCUT2D eigenvalue weighted by Crippen LogP contribution is 2.24. The van der Waals surface area contributed by atoms with Crippen LogP contribution >= 0.6 is 11.3 Å². The number of nitrogens with one attached hydrogen (secondary N) is 2. The van der Waals surface area contributed by atoms with E-state index in [1.165, 1.54) is 6.08 Å². The van der Waals surface area contributed by atoms with Gasteiger partial charge in [-0.05, 0) is 25.1 Å². The molecule has 120 valence electrons. The maximum atomic E-state index is 12.2. The lowest BCUT2D eigenvalue weighted by Gasteiger charge is -1.97. The summed E-state index contributed by atoms with van der Waals surface area (Å²) in [5.74, 6) is 0.303. The van der Waals surface area contributed by atoms with Crippen molar-refractivity contribution in [3.05, 3.63) is 41.0 Å². The smallest absolute Gasteiger partial charge is 0.249 e. The third kappa shape index (κ3) is 2.46. The number of thiazole rings is 1. The molecule has 0 spiro atoms. The normalized spacial score (nSPS) is 11.8. The van der Waals surface area contributed by atoms with Gasteiger partial charge in [-0.15, -0.1) is 11.3 Å². The van der Waals surface area contributed by atoms with Gasteiger partial charge in [-0.1, -0.05) is 12.1 Å². The molecular formula is C16H14N6OS. The lowest BCUT2D eigenvalue weighted by atomic mass is 10.3. The zero-order valence-electron chi connectivity index (χ0n) is 13.1. The van der Waals surface area contributed by atoms with Crippen LogP contribution in [0, 0.1) is 6.92 Å². The summed E-state index contributed by atoms with van der Waals surface area (Å²) in [6, 6.07) is 7.88. The van der Waals surface area contributed by atoms with E-state index in [9.17, 15) is 4.79 Å². The van der Waals surface area contributed by atoms with E-state index in [-0.39, 0.29) is 5.91 Å². The lowest BCUT2D eigenvalue weighted by molar-refractivity contribution is -0.111. The number of anilines is 1. The van der Waals surface area contributed by atoms with Crippen molar-refractivity contribution in [2.75, 3.05) is 5.32 Å². The van der Waals surface area contributed by atoms with Crippen molar-refractivity contribution in [3.8, 4) is 0 Å². The number of H-pyrrole nitrogens is 1. The number of amides is 1. The predicted octanol–water partition coefficient (Wildman–Crippen LogP) is 2.87. The molecule has 0 saturated heterocycles. The molecule has 4 aromatic rings. The zero-order valence-corrected chi connectivity index (χ0v) is 13.9. The molecule has 0 aliphatic carbocycles. The molecule has 0 atom stereocenters. The van der Waals surface area contributed by atoms with E-state index in [4.69, 9.17) is 0 Å². The van der Waals surface area contributed by atoms with E-state index in [2.05, 4.69) is 25.6 Å². The van der Waals surface area contributed by atoms with Gasteiger partial charge in [0.2, 0.25) is 5.91 Å². The number of aromatic nitrogens is 5. The maximum Gasteiger partial charge on any atom is 0.249 e. The monoisotopic (exact) mass is 338 g/mol. The molecule has 3 aromatic heterocycles. The summed E-state index contributed by atoms with van der Waals surface area (Å²) in [7, 11) is 1.81. The van der Waals surface area contributed by atoms with E-state index in [0.29, 0.717) is 11.5 Å². The standard InChI is InChI=1S/C16H14N6OS/c1-9-14-15(19-20-16(14)22(2)21-9)18-12(23)7-8-13-17-10-5-3-4-6-11(10)24-13/h3-8H,1-2H3,(H2,18,19,20,23)/b8-7-. The van der Waals surface area contributed by atoms with Gasteiger partial charge in [-0.25, -0.2) is 9.67 Å². The van der Waals surface area contributed by atoms with Crippen LogP contribution < -0.4 is 5.32 Å². The van der Waals surface area contributed by atoms with Crippen LogP contribution in [0.15, 0.2) is 30.3 Å². The van der Waals surface area contributed by atoms with Crippen LogP contribution in [-0.2, 0) is 11.8 Å². The number of benzene rings is 1. The minimum atomic E-state index is -0.247. The highest BCUT2D eigenvalue weighted by atomic mass is 32.1. The van der Waals surface area contributed by atoms with Crippen molar-refractivity contribution >= 4 is 50.4 Å². The van der Waals surface area contributed by atoms with Gasteiger partial charge in [0.15, 0.2) is 5.65 Å². The van der Waals surface area contributed by atoms with Crippen molar-refractivity contribution in [1.82, 2.24) is 25.0 Å². The van der Waals surface area contributed by atoms with Gasteiger partial charge in [0, 0.05) is 13.1 Å². The highest BCUT2D eigenvalue weighted by molar-refractivity contribution is 7.19. The Morgan fingerprint density at radius 3 is 3.04 bits per heavy atom. The van der Waals surface area contributed by atoms with Crippen LogP contribution in [0.3, 0.4) is 0 Å². The first-order chi connectivity index (χ1) is 11.6. The van der Waals surface area contributed by atoms with Crippen LogP contribution in [-0.4, -0.2) is 30.9 Å². The molecule has 1 aromatic carbocycles. The Balaban J connectivity index is 1.55. The van der Waals surface area contributed by atoms with Crippen molar-refractivity contribution in [3.63, 3.8) is 0 Å². The third-order valence-corrected chi connectivity index (χ3v) is 4.65. The van der Waals surface area contributed by atoms with Crippen molar-refractivity contribution in [1.29, 1.82) is 0 Å². The molecule has 0 radical (unpaired) electrons. The number of carbonyl (C=O) groups excluding carboxylic acids is 1. The van der Waals surface area contributed by atoms with Crippen LogP contribution in [0.2, 0.25) is 0 Å². The summed E-state index contributed by atoms with van der Waals surface area (Å²) in [6.45, 7) is 1.88. The SMILES string of the molecule is Cc1nn(C)c2n[nH]c(NC(=O)/C=C\c3nc4ccccc4s3)c12. The summed E-state index contributed by atoms with van der Waals surface area (Å²) in [6.07, 6.45) is 3.18. The van der Waals surface area contributed by atoms with Gasteiger partial charge in [0.25, 0.3) is 0 Å². The number of rotatable bonds is 3. The Hall–Kier alpha value is -3.00. The molecule has 0 aliphatic heterocycles. The average molecular weight is 338 g/mol. The topological polar surface area (TPSA) is 88.5 Å². The van der Waals surface area contributed by atoms with Crippen LogP contribution in [0.5, 0.6) is 0 Å². The number of hydrogen-bond donors (Lipinski definition) is 2. The summed E-state index contributed by atoms with van der Waals surface area (Å²) in [4.78, 5) is 16.6. The molecular weight excluding hydrogens is 324 g/mol. The fourth-order valence-corrected chi connectivity index (χ4v) is 3.47. The van der Waals surface area contributed by atoms with E-state index >= 15 is 0 Å². The van der Waals surface area contributed by atoms with Crippen molar-refractivity contribution in [2.24, 2.45) is 7.05 Å². The highest BCUT2D eigenvalue weighted by Gasteiger charge is 2.14. The Bertz CT molecular complexity index is 1050. The number of aromatic amines is 1. The maximum absolute atomic E-state index is 12.2. The number of nitrogens with zero attached hydrogens (tertiary/aromatic N) is 4. The molecule has 0 bridgehead atoms. The first-order valence-electron chi connectivity index (χ1n) is 7.34. The summed E-state index contributed by atoms with van der Waals surface area (Å²) in [5.41, 5.74) is 2.45. The largest absolute Gasteiger partial charge is 0.307 e. The Morgan fingerprint density at radius 1 is 1.38 bits per heavy atom. The molecule has 0 saturated carbocycles. The zero-order chi connectivity index (χ0) is 16.7. The molecule has 0 unspecified atom stereocenters. The molecule has 1 amide bonds. The van der Waals surface area contributed by atoms with E-state index in [1.807, 2.05) is 38.2 Å². The van der Waals surface area contributed by atoms with Gasteiger partial charge in [-0.3, -0.25) is 9.89 Å². The summed E-state index contributed by atoms with van der Waals surface area (Å²) >= 11 is 1.54. The van der Waals surface area contributed by atoms with Crippen molar-refractivity contribution < 1.29 is 4.79 Å². The number of para-hydroxylation sites is 1. The Morgan fingerprint density at radius 2 is 2.21 bits per heavy atom. The summed E-state index contributed by atoms with van der Waals surface area (Å²) in [5, 5.41) is 15.7. The fraction of sp³-hybridized carbons (Fsp3) is 0.125. The molecule has 0 aliphatic rings. The molecule has 0 fully saturated rings. The lowest BCUT2D eigenvalue weighted by Crippen LogP contribution is -2.08. The number of aryl methyl sites for hydroxylation is 2.